The molecule has 0 aromatic heterocycles. The summed E-state index contributed by atoms with van der Waals surface area (Å²) >= 11 is 0. The largest absolute Gasteiger partial charge is 0.355 e. The van der Waals surface area contributed by atoms with Gasteiger partial charge in [-0.1, -0.05) is 20.8 Å². The highest BCUT2D eigenvalue weighted by Gasteiger charge is 2.22. The third-order valence-corrected chi connectivity index (χ3v) is 3.39. The number of hydrogen-bond donors (Lipinski definition) is 1. The minimum absolute atomic E-state index is 0.219. The van der Waals surface area contributed by atoms with Gasteiger partial charge < -0.3 is 5.32 Å². The second-order valence-electron chi connectivity index (χ2n) is 5.16. The van der Waals surface area contributed by atoms with E-state index in [-0.39, 0.29) is 5.91 Å². The van der Waals surface area contributed by atoms with Crippen LogP contribution >= 0.6 is 0 Å². The molecule has 1 aliphatic rings. The topological polar surface area (TPSA) is 32.3 Å². The maximum Gasteiger partial charge on any atom is 0.220 e. The fraction of sp³-hybridized carbons (Fsp3) is 0.923. The van der Waals surface area contributed by atoms with E-state index in [1.807, 2.05) is 0 Å². The molecule has 1 amide bonds. The van der Waals surface area contributed by atoms with Crippen molar-refractivity contribution in [1.82, 2.24) is 10.2 Å². The normalized spacial score (nSPS) is 21.6. The minimum atomic E-state index is 0.219. The molecule has 1 aliphatic heterocycles. The Bertz CT molecular complexity index is 216. The van der Waals surface area contributed by atoms with Gasteiger partial charge in [0.2, 0.25) is 5.91 Å². The Morgan fingerprint density at radius 1 is 1.50 bits per heavy atom. The zero-order valence-electron chi connectivity index (χ0n) is 11.0. The third kappa shape index (κ3) is 4.52. The van der Waals surface area contributed by atoms with Crippen LogP contribution in [0.2, 0.25) is 0 Å². The van der Waals surface area contributed by atoms with Gasteiger partial charge >= 0.3 is 0 Å². The van der Waals surface area contributed by atoms with Gasteiger partial charge in [-0.05, 0) is 38.3 Å². The quantitative estimate of drug-likeness (QED) is 0.751. The zero-order chi connectivity index (χ0) is 12.0. The number of likely N-dealkylation sites (N-methyl/N-ethyl adjacent to an activating group) is 1. The van der Waals surface area contributed by atoms with E-state index in [1.165, 1.54) is 19.4 Å². The Hall–Kier alpha value is -0.570. The predicted octanol–water partition coefficient (Wildman–Crippen LogP) is 2.02. The number of nitrogens with zero attached hydrogens (tertiary/aromatic N) is 1. The molecule has 0 spiro atoms. The van der Waals surface area contributed by atoms with Crippen LogP contribution < -0.4 is 5.32 Å². The minimum Gasteiger partial charge on any atom is -0.355 e. The van der Waals surface area contributed by atoms with E-state index >= 15 is 0 Å². The molecule has 0 saturated carbocycles. The SMILES string of the molecule is CCN1CCCC1CNC(=O)CCC(C)C. The summed E-state index contributed by atoms with van der Waals surface area (Å²) in [5.74, 6) is 0.834. The van der Waals surface area contributed by atoms with Gasteiger partial charge in [0, 0.05) is 19.0 Å². The number of hydrogen-bond acceptors (Lipinski definition) is 2. The maximum absolute atomic E-state index is 11.6. The van der Waals surface area contributed by atoms with Gasteiger partial charge in [0.25, 0.3) is 0 Å². The van der Waals surface area contributed by atoms with Gasteiger partial charge in [-0.15, -0.1) is 0 Å². The molecule has 1 saturated heterocycles. The van der Waals surface area contributed by atoms with Crippen LogP contribution in [-0.4, -0.2) is 36.5 Å². The van der Waals surface area contributed by atoms with Gasteiger partial charge in [-0.25, -0.2) is 0 Å². The Balaban J connectivity index is 2.16. The summed E-state index contributed by atoms with van der Waals surface area (Å²) in [6, 6.07) is 0.577. The number of rotatable bonds is 6. The molecule has 16 heavy (non-hydrogen) atoms. The lowest BCUT2D eigenvalue weighted by atomic mass is 10.1. The molecule has 1 atom stereocenters. The first-order chi connectivity index (χ1) is 7.63. The molecule has 0 bridgehead atoms. The predicted molar refractivity (Wildman–Crippen MR) is 67.4 cm³/mol. The van der Waals surface area contributed by atoms with Crippen LogP contribution in [0.4, 0.5) is 0 Å². The molecular weight excluding hydrogens is 200 g/mol. The summed E-state index contributed by atoms with van der Waals surface area (Å²) in [5.41, 5.74) is 0. The van der Waals surface area contributed by atoms with Gasteiger partial charge in [0.05, 0.1) is 0 Å². The average Bonchev–Trinajstić information content (AvgIpc) is 2.70. The smallest absolute Gasteiger partial charge is 0.220 e. The number of likely N-dealkylation sites (tertiary alicyclic amines) is 1. The summed E-state index contributed by atoms with van der Waals surface area (Å²) in [5, 5.41) is 3.06. The van der Waals surface area contributed by atoms with Crippen molar-refractivity contribution in [2.45, 2.75) is 52.5 Å². The highest BCUT2D eigenvalue weighted by molar-refractivity contribution is 5.75. The summed E-state index contributed by atoms with van der Waals surface area (Å²) in [7, 11) is 0. The third-order valence-electron chi connectivity index (χ3n) is 3.39. The number of carbonyl (C=O) groups excluding carboxylic acids is 1. The van der Waals surface area contributed by atoms with Gasteiger partial charge in [0.1, 0.15) is 0 Å². The lowest BCUT2D eigenvalue weighted by Crippen LogP contribution is -2.40. The van der Waals surface area contributed by atoms with E-state index in [2.05, 4.69) is 31.0 Å². The summed E-state index contributed by atoms with van der Waals surface area (Å²) < 4.78 is 0. The number of carbonyl (C=O) groups is 1. The molecule has 0 aliphatic carbocycles. The average molecular weight is 226 g/mol. The first-order valence-corrected chi connectivity index (χ1v) is 6.64. The first-order valence-electron chi connectivity index (χ1n) is 6.64. The van der Waals surface area contributed by atoms with Crippen LogP contribution in [0.1, 0.15) is 46.5 Å². The fourth-order valence-electron chi connectivity index (χ4n) is 2.28. The first kappa shape index (κ1) is 13.5. The molecule has 1 rings (SSSR count). The van der Waals surface area contributed by atoms with Gasteiger partial charge in [0.15, 0.2) is 0 Å². The van der Waals surface area contributed by atoms with Crippen molar-refractivity contribution in [2.75, 3.05) is 19.6 Å². The fourth-order valence-corrected chi connectivity index (χ4v) is 2.28. The summed E-state index contributed by atoms with van der Waals surface area (Å²) in [6.07, 6.45) is 4.18. The second kappa shape index (κ2) is 6.89. The van der Waals surface area contributed by atoms with Gasteiger partial charge in [-0.2, -0.15) is 0 Å². The van der Waals surface area contributed by atoms with Crippen LogP contribution in [0.25, 0.3) is 0 Å². The van der Waals surface area contributed by atoms with Crippen LogP contribution in [0.15, 0.2) is 0 Å². The molecule has 0 radical (unpaired) electrons. The molecule has 0 aromatic carbocycles. The lowest BCUT2D eigenvalue weighted by Gasteiger charge is -2.22. The van der Waals surface area contributed by atoms with E-state index in [0.717, 1.165) is 19.5 Å². The molecule has 1 heterocycles. The summed E-state index contributed by atoms with van der Waals surface area (Å²) in [4.78, 5) is 14.0. The molecular formula is C13H26N2O. The number of nitrogens with one attached hydrogen (secondary N) is 1. The van der Waals surface area contributed by atoms with Crippen LogP contribution in [0, 0.1) is 5.92 Å². The van der Waals surface area contributed by atoms with E-state index in [0.29, 0.717) is 18.4 Å². The molecule has 1 fully saturated rings. The van der Waals surface area contributed by atoms with Crippen molar-refractivity contribution in [3.05, 3.63) is 0 Å². The van der Waals surface area contributed by atoms with Crippen molar-refractivity contribution in [3.63, 3.8) is 0 Å². The molecule has 1 N–H and O–H groups in total. The standard InChI is InChI=1S/C13H26N2O/c1-4-15-9-5-6-12(15)10-14-13(16)8-7-11(2)3/h11-12H,4-10H2,1-3H3,(H,14,16). The van der Waals surface area contributed by atoms with Crippen molar-refractivity contribution in [2.24, 2.45) is 5.92 Å². The van der Waals surface area contributed by atoms with Crippen LogP contribution in [0.3, 0.4) is 0 Å². The Morgan fingerprint density at radius 3 is 2.88 bits per heavy atom. The van der Waals surface area contributed by atoms with E-state index in [9.17, 15) is 4.79 Å². The Kier molecular flexibility index (Phi) is 5.81. The monoisotopic (exact) mass is 226 g/mol. The Labute approximate surface area is 99.6 Å². The van der Waals surface area contributed by atoms with E-state index in [1.54, 1.807) is 0 Å². The van der Waals surface area contributed by atoms with E-state index < -0.39 is 0 Å². The van der Waals surface area contributed by atoms with Crippen molar-refractivity contribution < 1.29 is 4.79 Å². The van der Waals surface area contributed by atoms with Crippen molar-refractivity contribution in [1.29, 1.82) is 0 Å². The van der Waals surface area contributed by atoms with Crippen molar-refractivity contribution in [3.8, 4) is 0 Å². The van der Waals surface area contributed by atoms with Crippen molar-refractivity contribution >= 4 is 5.91 Å². The highest BCUT2D eigenvalue weighted by atomic mass is 16.1. The molecule has 3 nitrogen and oxygen atoms in total. The number of amides is 1. The maximum atomic E-state index is 11.6. The van der Waals surface area contributed by atoms with Crippen LogP contribution in [0.5, 0.6) is 0 Å². The Morgan fingerprint density at radius 2 is 2.25 bits per heavy atom. The molecule has 1 unspecified atom stereocenters. The summed E-state index contributed by atoms with van der Waals surface area (Å²) in [6.45, 7) is 9.64. The lowest BCUT2D eigenvalue weighted by molar-refractivity contribution is -0.121. The zero-order valence-corrected chi connectivity index (χ0v) is 11.0. The highest BCUT2D eigenvalue weighted by Crippen LogP contribution is 2.15. The van der Waals surface area contributed by atoms with E-state index in [4.69, 9.17) is 0 Å². The van der Waals surface area contributed by atoms with Crippen LogP contribution in [-0.2, 0) is 4.79 Å². The molecule has 0 aromatic rings. The second-order valence-corrected chi connectivity index (χ2v) is 5.16. The molecule has 94 valence electrons. The van der Waals surface area contributed by atoms with Gasteiger partial charge in [-0.3, -0.25) is 9.69 Å². The molecule has 3 heteroatoms.